The number of aromatic nitrogens is 1. The van der Waals surface area contributed by atoms with E-state index in [2.05, 4.69) is 11.4 Å². The van der Waals surface area contributed by atoms with Gasteiger partial charge in [-0.3, -0.25) is 4.79 Å². The van der Waals surface area contributed by atoms with Crippen LogP contribution in [0.25, 0.3) is 20.8 Å². The fourth-order valence-corrected chi connectivity index (χ4v) is 6.23. The normalized spacial score (nSPS) is 14.3. The molecule has 0 saturated carbocycles. The number of benzene rings is 2. The molecule has 0 aliphatic heterocycles. The number of nitrogens with zero attached hydrogens (tertiary/aromatic N) is 1. The van der Waals surface area contributed by atoms with E-state index in [-0.39, 0.29) is 5.91 Å². The molecule has 0 spiro atoms. The van der Waals surface area contributed by atoms with Gasteiger partial charge in [0.05, 0.1) is 10.2 Å². The number of nitrogens with one attached hydrogen (secondary N) is 1. The van der Waals surface area contributed by atoms with Crippen molar-refractivity contribution in [1.29, 1.82) is 0 Å². The average Bonchev–Trinajstić information content (AvgIpc) is 3.34. The number of hydrogen-bond donors (Lipinski definition) is 1. The minimum absolute atomic E-state index is 0.139. The van der Waals surface area contributed by atoms with Gasteiger partial charge in [0.2, 0.25) is 0 Å². The first-order chi connectivity index (χ1) is 14.7. The zero-order valence-electron chi connectivity index (χ0n) is 16.7. The van der Waals surface area contributed by atoms with E-state index >= 15 is 0 Å². The molecule has 1 aliphatic carbocycles. The van der Waals surface area contributed by atoms with Crippen molar-refractivity contribution in [2.75, 3.05) is 5.32 Å². The molecule has 1 aliphatic rings. The molecular weight excluding hydrogens is 412 g/mol. The number of rotatable bonds is 5. The Morgan fingerprint density at radius 3 is 2.63 bits per heavy atom. The summed E-state index contributed by atoms with van der Waals surface area (Å²) in [7, 11) is 0. The molecule has 1 atom stereocenters. The van der Waals surface area contributed by atoms with Crippen LogP contribution in [0.1, 0.15) is 30.2 Å². The molecule has 4 nitrogen and oxygen atoms in total. The summed E-state index contributed by atoms with van der Waals surface area (Å²) in [5.74, 6) is 0.553. The van der Waals surface area contributed by atoms with E-state index in [9.17, 15) is 4.79 Å². The number of hydrogen-bond acceptors (Lipinski definition) is 5. The van der Waals surface area contributed by atoms with Gasteiger partial charge in [0.25, 0.3) is 5.91 Å². The second-order valence-electron chi connectivity index (χ2n) is 7.46. The SMILES string of the molecule is CC(Oc1ccccc1)C(=O)Nc1sc2c(c1-c1nc3ccccc3s1)CCCC2. The van der Waals surface area contributed by atoms with Crippen molar-refractivity contribution in [2.45, 2.75) is 38.7 Å². The van der Waals surface area contributed by atoms with Crippen molar-refractivity contribution in [2.24, 2.45) is 0 Å². The first-order valence-electron chi connectivity index (χ1n) is 10.2. The monoisotopic (exact) mass is 434 g/mol. The molecule has 2 aromatic carbocycles. The van der Waals surface area contributed by atoms with Crippen LogP contribution >= 0.6 is 22.7 Å². The summed E-state index contributed by atoms with van der Waals surface area (Å²) in [6.07, 6.45) is 3.91. The molecule has 6 heteroatoms. The molecular formula is C24H22N2O2S2. The van der Waals surface area contributed by atoms with Crippen molar-refractivity contribution >= 4 is 43.8 Å². The van der Waals surface area contributed by atoms with Crippen LogP contribution in [0.5, 0.6) is 5.75 Å². The number of carbonyl (C=O) groups is 1. The van der Waals surface area contributed by atoms with Crippen LogP contribution < -0.4 is 10.1 Å². The van der Waals surface area contributed by atoms with Gasteiger partial charge in [-0.15, -0.1) is 22.7 Å². The van der Waals surface area contributed by atoms with Gasteiger partial charge in [-0.1, -0.05) is 30.3 Å². The summed E-state index contributed by atoms with van der Waals surface area (Å²) < 4.78 is 6.99. The number of para-hydroxylation sites is 2. The summed E-state index contributed by atoms with van der Waals surface area (Å²) >= 11 is 3.39. The topological polar surface area (TPSA) is 51.2 Å². The predicted molar refractivity (Wildman–Crippen MR) is 125 cm³/mol. The van der Waals surface area contributed by atoms with E-state index in [1.165, 1.54) is 28.0 Å². The number of anilines is 1. The number of carbonyl (C=O) groups excluding carboxylic acids is 1. The van der Waals surface area contributed by atoms with Crippen LogP contribution in [0, 0.1) is 0 Å². The third-order valence-corrected chi connectivity index (χ3v) is 7.60. The Bertz CT molecular complexity index is 1160. The summed E-state index contributed by atoms with van der Waals surface area (Å²) in [4.78, 5) is 19.2. The van der Waals surface area contributed by atoms with Gasteiger partial charge in [0, 0.05) is 10.4 Å². The minimum Gasteiger partial charge on any atom is -0.481 e. The molecule has 0 saturated heterocycles. The Labute approximate surface area is 183 Å². The van der Waals surface area contributed by atoms with Crippen molar-refractivity contribution < 1.29 is 9.53 Å². The first-order valence-corrected chi connectivity index (χ1v) is 11.9. The Balaban J connectivity index is 1.47. The van der Waals surface area contributed by atoms with Gasteiger partial charge >= 0.3 is 0 Å². The maximum absolute atomic E-state index is 12.9. The number of ether oxygens (including phenoxy) is 1. The minimum atomic E-state index is -0.588. The van der Waals surface area contributed by atoms with E-state index < -0.39 is 6.10 Å². The van der Waals surface area contributed by atoms with E-state index in [4.69, 9.17) is 9.72 Å². The van der Waals surface area contributed by atoms with Crippen LogP contribution in [-0.2, 0) is 17.6 Å². The van der Waals surface area contributed by atoms with Crippen LogP contribution in [0.2, 0.25) is 0 Å². The quantitative estimate of drug-likeness (QED) is 0.400. The fraction of sp³-hybridized carbons (Fsp3) is 0.250. The molecule has 1 unspecified atom stereocenters. The number of thiazole rings is 1. The van der Waals surface area contributed by atoms with E-state index in [0.717, 1.165) is 33.9 Å². The molecule has 0 radical (unpaired) electrons. The largest absolute Gasteiger partial charge is 0.481 e. The summed E-state index contributed by atoms with van der Waals surface area (Å²) in [6.45, 7) is 1.78. The zero-order valence-corrected chi connectivity index (χ0v) is 18.3. The first kappa shape index (κ1) is 19.3. The molecule has 0 bridgehead atoms. The highest BCUT2D eigenvalue weighted by Crippen LogP contribution is 2.46. The molecule has 1 N–H and O–H groups in total. The lowest BCUT2D eigenvalue weighted by atomic mass is 9.95. The summed E-state index contributed by atoms with van der Waals surface area (Å²) in [5, 5.41) is 5.04. The smallest absolute Gasteiger partial charge is 0.265 e. The lowest BCUT2D eigenvalue weighted by Gasteiger charge is -2.15. The maximum atomic E-state index is 12.9. The number of aryl methyl sites for hydroxylation is 1. The number of amides is 1. The van der Waals surface area contributed by atoms with Crippen LogP contribution in [0.15, 0.2) is 54.6 Å². The number of thiophene rings is 1. The van der Waals surface area contributed by atoms with Gasteiger partial charge in [0.15, 0.2) is 6.10 Å². The lowest BCUT2D eigenvalue weighted by Crippen LogP contribution is -2.30. The van der Waals surface area contributed by atoms with Gasteiger partial charge in [0.1, 0.15) is 15.8 Å². The second kappa shape index (κ2) is 8.20. The Hall–Kier alpha value is -2.70. The van der Waals surface area contributed by atoms with Crippen LogP contribution in [0.3, 0.4) is 0 Å². The van der Waals surface area contributed by atoms with Crippen LogP contribution in [0.4, 0.5) is 5.00 Å². The summed E-state index contributed by atoms with van der Waals surface area (Å²) in [5.41, 5.74) is 3.47. The van der Waals surface area contributed by atoms with Gasteiger partial charge in [-0.2, -0.15) is 0 Å². The van der Waals surface area contributed by atoms with Crippen LogP contribution in [-0.4, -0.2) is 17.0 Å². The fourth-order valence-electron chi connectivity index (χ4n) is 3.83. The molecule has 0 fully saturated rings. The molecule has 30 heavy (non-hydrogen) atoms. The lowest BCUT2D eigenvalue weighted by molar-refractivity contribution is -0.122. The molecule has 2 heterocycles. The number of fused-ring (bicyclic) bond motifs is 2. The molecule has 2 aromatic heterocycles. The molecule has 4 aromatic rings. The van der Waals surface area contributed by atoms with Gasteiger partial charge in [-0.05, 0) is 62.4 Å². The van der Waals surface area contributed by atoms with E-state index in [0.29, 0.717) is 5.75 Å². The van der Waals surface area contributed by atoms with Gasteiger partial charge < -0.3 is 10.1 Å². The highest BCUT2D eigenvalue weighted by molar-refractivity contribution is 7.22. The Morgan fingerprint density at radius 1 is 1.03 bits per heavy atom. The Morgan fingerprint density at radius 2 is 1.80 bits per heavy atom. The Kier molecular flexibility index (Phi) is 5.27. The molecule has 5 rings (SSSR count). The average molecular weight is 435 g/mol. The van der Waals surface area contributed by atoms with E-state index in [1.807, 2.05) is 48.5 Å². The van der Waals surface area contributed by atoms with Crippen molar-refractivity contribution in [3.8, 4) is 16.3 Å². The predicted octanol–water partition coefficient (Wildman–Crippen LogP) is 6.31. The molecule has 152 valence electrons. The zero-order chi connectivity index (χ0) is 20.5. The maximum Gasteiger partial charge on any atom is 0.265 e. The van der Waals surface area contributed by atoms with Crippen molar-refractivity contribution in [3.05, 3.63) is 65.0 Å². The highest BCUT2D eigenvalue weighted by Gasteiger charge is 2.26. The standard InChI is InChI=1S/C24H22N2O2S2/c1-15(28-16-9-3-2-4-10-16)22(27)26-24-21(17-11-5-7-13-19(17)29-24)23-25-18-12-6-8-14-20(18)30-23/h2-4,6,8-10,12,14-15H,5,7,11,13H2,1H3,(H,26,27). The highest BCUT2D eigenvalue weighted by atomic mass is 32.1. The molecule has 1 amide bonds. The second-order valence-corrected chi connectivity index (χ2v) is 9.60. The van der Waals surface area contributed by atoms with Crippen molar-refractivity contribution in [1.82, 2.24) is 4.98 Å². The van der Waals surface area contributed by atoms with E-state index in [1.54, 1.807) is 29.6 Å². The third-order valence-electron chi connectivity index (χ3n) is 5.34. The van der Waals surface area contributed by atoms with Crippen molar-refractivity contribution in [3.63, 3.8) is 0 Å². The summed E-state index contributed by atoms with van der Waals surface area (Å²) in [6, 6.07) is 17.7. The van der Waals surface area contributed by atoms with Gasteiger partial charge in [-0.25, -0.2) is 4.98 Å². The third kappa shape index (κ3) is 3.73.